The van der Waals surface area contributed by atoms with Crippen LogP contribution in [0.2, 0.25) is 0 Å². The summed E-state index contributed by atoms with van der Waals surface area (Å²) in [7, 11) is 1.67. The lowest BCUT2D eigenvalue weighted by Gasteiger charge is -2.23. The summed E-state index contributed by atoms with van der Waals surface area (Å²) < 4.78 is 17.0. The van der Waals surface area contributed by atoms with Crippen molar-refractivity contribution >= 4 is 0 Å². The van der Waals surface area contributed by atoms with Crippen molar-refractivity contribution in [3.05, 3.63) is 53.6 Å². The highest BCUT2D eigenvalue weighted by molar-refractivity contribution is 5.44. The summed E-state index contributed by atoms with van der Waals surface area (Å²) in [5.74, 6) is 2.51. The Labute approximate surface area is 144 Å². The molecule has 4 nitrogen and oxygen atoms in total. The van der Waals surface area contributed by atoms with E-state index in [2.05, 4.69) is 20.8 Å². The van der Waals surface area contributed by atoms with Crippen LogP contribution in [0, 0.1) is 0 Å². The molecule has 0 radical (unpaired) electrons. The molecule has 0 atom stereocenters. The number of hydrogen-bond acceptors (Lipinski definition) is 4. The van der Waals surface area contributed by atoms with Crippen LogP contribution in [0.3, 0.4) is 0 Å². The van der Waals surface area contributed by atoms with E-state index in [1.54, 1.807) is 7.11 Å². The lowest BCUT2D eigenvalue weighted by Crippen LogP contribution is -2.16. The van der Waals surface area contributed by atoms with Gasteiger partial charge >= 0.3 is 0 Å². The van der Waals surface area contributed by atoms with Gasteiger partial charge in [-0.25, -0.2) is 0 Å². The minimum absolute atomic E-state index is 0.0276. The third kappa shape index (κ3) is 4.90. The Morgan fingerprint density at radius 1 is 0.917 bits per heavy atom. The quantitative estimate of drug-likeness (QED) is 0.783. The first-order chi connectivity index (χ1) is 11.4. The van der Waals surface area contributed by atoms with E-state index in [4.69, 9.17) is 19.9 Å². The molecule has 2 N–H and O–H groups in total. The molecule has 24 heavy (non-hydrogen) atoms. The molecule has 0 bridgehead atoms. The van der Waals surface area contributed by atoms with E-state index >= 15 is 0 Å². The van der Waals surface area contributed by atoms with Gasteiger partial charge in [-0.1, -0.05) is 32.9 Å². The molecule has 0 amide bonds. The van der Waals surface area contributed by atoms with Crippen molar-refractivity contribution in [2.75, 3.05) is 20.3 Å². The molecule has 2 aromatic rings. The highest BCUT2D eigenvalue weighted by Gasteiger charge is 2.20. The Morgan fingerprint density at radius 2 is 1.67 bits per heavy atom. The molecule has 0 aliphatic heterocycles. The number of ether oxygens (including phenoxy) is 3. The largest absolute Gasteiger partial charge is 0.497 e. The van der Waals surface area contributed by atoms with Crippen LogP contribution in [0.15, 0.2) is 42.5 Å². The van der Waals surface area contributed by atoms with Crippen LogP contribution in [0.1, 0.15) is 31.9 Å². The first-order valence-corrected chi connectivity index (χ1v) is 8.17. The number of benzene rings is 2. The molecule has 0 fully saturated rings. The van der Waals surface area contributed by atoms with Gasteiger partial charge in [0.25, 0.3) is 0 Å². The Bertz CT molecular complexity index is 662. The fourth-order valence-electron chi connectivity index (χ4n) is 2.42. The smallest absolute Gasteiger partial charge is 0.123 e. The number of hydrogen-bond donors (Lipinski definition) is 1. The third-order valence-electron chi connectivity index (χ3n) is 3.74. The number of rotatable bonds is 7. The first-order valence-electron chi connectivity index (χ1n) is 8.17. The molecule has 130 valence electrons. The van der Waals surface area contributed by atoms with E-state index in [9.17, 15) is 0 Å². The molecule has 0 aliphatic carbocycles. The molecular weight excluding hydrogens is 302 g/mol. The van der Waals surface area contributed by atoms with E-state index in [1.807, 2.05) is 42.5 Å². The second-order valence-corrected chi connectivity index (χ2v) is 6.66. The topological polar surface area (TPSA) is 53.7 Å². The minimum atomic E-state index is -0.0276. The third-order valence-corrected chi connectivity index (χ3v) is 3.74. The van der Waals surface area contributed by atoms with Gasteiger partial charge in [0, 0.05) is 12.1 Å². The highest BCUT2D eigenvalue weighted by Crippen LogP contribution is 2.34. The summed E-state index contributed by atoms with van der Waals surface area (Å²) in [5, 5.41) is 0. The van der Waals surface area contributed by atoms with Crippen LogP contribution in [0.5, 0.6) is 17.2 Å². The van der Waals surface area contributed by atoms with Crippen molar-refractivity contribution in [2.45, 2.75) is 32.7 Å². The van der Waals surface area contributed by atoms with E-state index < -0.39 is 0 Å². The van der Waals surface area contributed by atoms with Crippen molar-refractivity contribution in [1.82, 2.24) is 0 Å². The van der Waals surface area contributed by atoms with Crippen LogP contribution in [0.25, 0.3) is 0 Å². The van der Waals surface area contributed by atoms with Gasteiger partial charge in [-0.05, 0) is 41.3 Å². The van der Waals surface area contributed by atoms with Crippen molar-refractivity contribution < 1.29 is 14.2 Å². The zero-order valence-electron chi connectivity index (χ0n) is 15.0. The van der Waals surface area contributed by atoms with Gasteiger partial charge in [-0.3, -0.25) is 0 Å². The summed E-state index contributed by atoms with van der Waals surface area (Å²) in [6, 6.07) is 13.7. The fourth-order valence-corrected chi connectivity index (χ4v) is 2.42. The highest BCUT2D eigenvalue weighted by atomic mass is 16.5. The average Bonchev–Trinajstić information content (AvgIpc) is 2.58. The first kappa shape index (κ1) is 18.1. The molecule has 0 heterocycles. The summed E-state index contributed by atoms with van der Waals surface area (Å²) in [5.41, 5.74) is 7.78. The Balaban J connectivity index is 1.96. The number of nitrogens with two attached hydrogens (primary N) is 1. The van der Waals surface area contributed by atoms with Gasteiger partial charge in [0.05, 0.1) is 7.11 Å². The lowest BCUT2D eigenvalue weighted by molar-refractivity contribution is 0.214. The van der Waals surface area contributed by atoms with Gasteiger partial charge in [-0.15, -0.1) is 0 Å². The maximum absolute atomic E-state index is 5.94. The van der Waals surface area contributed by atoms with Crippen molar-refractivity contribution in [3.63, 3.8) is 0 Å². The fraction of sp³-hybridized carbons (Fsp3) is 0.400. The van der Waals surface area contributed by atoms with Gasteiger partial charge in [0.15, 0.2) is 0 Å². The zero-order valence-corrected chi connectivity index (χ0v) is 15.0. The maximum atomic E-state index is 5.94. The predicted molar refractivity (Wildman–Crippen MR) is 97.0 cm³/mol. The molecular formula is C20H27NO3. The molecule has 0 saturated carbocycles. The Hall–Kier alpha value is -2.20. The van der Waals surface area contributed by atoms with Gasteiger partial charge < -0.3 is 19.9 Å². The summed E-state index contributed by atoms with van der Waals surface area (Å²) in [4.78, 5) is 0. The second-order valence-electron chi connectivity index (χ2n) is 6.66. The Morgan fingerprint density at radius 3 is 2.33 bits per heavy atom. The standard InChI is InChI=1S/C20H27NO3/c1-20(2,3)18-13-16(22-4)8-9-19(18)24-11-10-23-17-7-5-6-15(12-17)14-21/h5-9,12-13H,10-11,14,21H2,1-4H3. The number of methoxy groups -OCH3 is 1. The Kier molecular flexibility index (Phi) is 6.10. The van der Waals surface area contributed by atoms with Crippen molar-refractivity contribution in [2.24, 2.45) is 5.73 Å². The zero-order chi connectivity index (χ0) is 17.6. The van der Waals surface area contributed by atoms with Crippen LogP contribution < -0.4 is 19.9 Å². The van der Waals surface area contributed by atoms with Gasteiger partial charge in [0.2, 0.25) is 0 Å². The molecule has 2 rings (SSSR count). The van der Waals surface area contributed by atoms with Crippen LogP contribution in [-0.4, -0.2) is 20.3 Å². The lowest BCUT2D eigenvalue weighted by atomic mass is 9.86. The van der Waals surface area contributed by atoms with E-state index in [0.29, 0.717) is 19.8 Å². The summed E-state index contributed by atoms with van der Waals surface area (Å²) >= 11 is 0. The molecule has 0 aliphatic rings. The SMILES string of the molecule is COc1ccc(OCCOc2cccc(CN)c2)c(C(C)(C)C)c1. The molecule has 0 spiro atoms. The monoisotopic (exact) mass is 329 g/mol. The maximum Gasteiger partial charge on any atom is 0.123 e. The van der Waals surface area contributed by atoms with E-state index in [1.165, 1.54) is 0 Å². The second kappa shape index (κ2) is 8.06. The van der Waals surface area contributed by atoms with Crippen molar-refractivity contribution in [1.29, 1.82) is 0 Å². The van der Waals surface area contributed by atoms with E-state index in [0.717, 1.165) is 28.4 Å². The van der Waals surface area contributed by atoms with Crippen LogP contribution in [-0.2, 0) is 12.0 Å². The molecule has 0 unspecified atom stereocenters. The summed E-state index contributed by atoms with van der Waals surface area (Å²) in [6.45, 7) is 7.93. The molecule has 0 saturated heterocycles. The van der Waals surface area contributed by atoms with Crippen LogP contribution in [0.4, 0.5) is 0 Å². The van der Waals surface area contributed by atoms with Crippen molar-refractivity contribution in [3.8, 4) is 17.2 Å². The van der Waals surface area contributed by atoms with Crippen LogP contribution >= 0.6 is 0 Å². The van der Waals surface area contributed by atoms with Gasteiger partial charge in [0.1, 0.15) is 30.5 Å². The molecule has 0 aromatic heterocycles. The van der Waals surface area contributed by atoms with E-state index in [-0.39, 0.29) is 5.41 Å². The normalized spacial score (nSPS) is 11.2. The minimum Gasteiger partial charge on any atom is -0.497 e. The predicted octanol–water partition coefficient (Wildman–Crippen LogP) is 3.91. The van der Waals surface area contributed by atoms with Gasteiger partial charge in [-0.2, -0.15) is 0 Å². The molecule has 4 heteroatoms. The average molecular weight is 329 g/mol. The summed E-state index contributed by atoms with van der Waals surface area (Å²) in [6.07, 6.45) is 0. The molecule has 2 aromatic carbocycles.